The van der Waals surface area contributed by atoms with Crippen LogP contribution >= 0.6 is 15.9 Å². The van der Waals surface area contributed by atoms with Gasteiger partial charge in [0, 0.05) is 6.42 Å². The first-order valence-corrected chi connectivity index (χ1v) is 6.81. The van der Waals surface area contributed by atoms with Crippen LogP contribution in [0.5, 0.6) is 11.5 Å². The van der Waals surface area contributed by atoms with Crippen molar-refractivity contribution in [2.24, 2.45) is 5.16 Å². The van der Waals surface area contributed by atoms with Crippen LogP contribution in [0, 0.1) is 0 Å². The van der Waals surface area contributed by atoms with Crippen LogP contribution in [0.4, 0.5) is 0 Å². The molecule has 0 amide bonds. The summed E-state index contributed by atoms with van der Waals surface area (Å²) in [6.07, 6.45) is 0.777. The highest BCUT2D eigenvalue weighted by molar-refractivity contribution is 9.18. The number of hydrogen-bond acceptors (Lipinski definition) is 3. The smallest absolute Gasteiger partial charge is 0.158 e. The van der Waals surface area contributed by atoms with Crippen LogP contribution in [0.15, 0.2) is 59.8 Å². The molecule has 3 nitrogen and oxygen atoms in total. The molecule has 1 aliphatic rings. The maximum Gasteiger partial charge on any atom is 0.158 e. The summed E-state index contributed by atoms with van der Waals surface area (Å²) < 4.78 is 6.59. The Kier molecular flexibility index (Phi) is 3.51. The third-order valence-electron chi connectivity index (χ3n) is 2.86. The van der Waals surface area contributed by atoms with Gasteiger partial charge in [0.05, 0.1) is 0 Å². The fraction of sp³-hybridized carbons (Fsp3) is 0.133. The molecule has 0 unspecified atom stereocenters. The second-order valence-electron chi connectivity index (χ2n) is 4.25. The third-order valence-corrected chi connectivity index (χ3v) is 3.33. The largest absolute Gasteiger partial charge is 0.457 e. The number of benzene rings is 2. The van der Waals surface area contributed by atoms with E-state index in [0.717, 1.165) is 28.1 Å². The number of hydrogen-bond donors (Lipinski definition) is 0. The summed E-state index contributed by atoms with van der Waals surface area (Å²) in [5, 5.41) is 3.89. The fourth-order valence-electron chi connectivity index (χ4n) is 1.90. The standard InChI is InChI=1S/C15H12BrNO2/c16-15-10-14(19-17-15)11-6-8-13(9-7-11)18-12-4-2-1-3-5-12/h1-9,14H,10H2/t14-/m0/s1. The summed E-state index contributed by atoms with van der Waals surface area (Å²) in [6.45, 7) is 0. The highest BCUT2D eigenvalue weighted by atomic mass is 79.9. The van der Waals surface area contributed by atoms with E-state index in [0.29, 0.717) is 0 Å². The highest BCUT2D eigenvalue weighted by Crippen LogP contribution is 2.30. The van der Waals surface area contributed by atoms with Crippen LogP contribution in [-0.4, -0.2) is 4.62 Å². The maximum absolute atomic E-state index is 5.74. The zero-order valence-corrected chi connectivity index (χ0v) is 11.7. The monoisotopic (exact) mass is 317 g/mol. The van der Waals surface area contributed by atoms with Crippen molar-refractivity contribution in [3.63, 3.8) is 0 Å². The summed E-state index contributed by atoms with van der Waals surface area (Å²) in [4.78, 5) is 5.31. The van der Waals surface area contributed by atoms with Crippen LogP contribution in [0.1, 0.15) is 18.1 Å². The lowest BCUT2D eigenvalue weighted by molar-refractivity contribution is 0.0857. The molecule has 1 atom stereocenters. The van der Waals surface area contributed by atoms with Crippen molar-refractivity contribution in [1.29, 1.82) is 0 Å². The van der Waals surface area contributed by atoms with E-state index in [-0.39, 0.29) is 6.10 Å². The first-order chi connectivity index (χ1) is 9.31. The van der Waals surface area contributed by atoms with Crippen LogP contribution < -0.4 is 4.74 Å². The van der Waals surface area contributed by atoms with Crippen molar-refractivity contribution in [2.75, 3.05) is 0 Å². The number of nitrogens with zero attached hydrogens (tertiary/aromatic N) is 1. The first-order valence-electron chi connectivity index (χ1n) is 6.02. The van der Waals surface area contributed by atoms with Gasteiger partial charge in [-0.2, -0.15) is 0 Å². The average molecular weight is 318 g/mol. The van der Waals surface area contributed by atoms with Crippen molar-refractivity contribution in [3.8, 4) is 11.5 Å². The summed E-state index contributed by atoms with van der Waals surface area (Å²) in [7, 11) is 0. The van der Waals surface area contributed by atoms with Gasteiger partial charge < -0.3 is 9.57 Å². The highest BCUT2D eigenvalue weighted by Gasteiger charge is 2.20. The predicted octanol–water partition coefficient (Wildman–Crippen LogP) is 4.65. The molecule has 0 bridgehead atoms. The van der Waals surface area contributed by atoms with Gasteiger partial charge in [-0.1, -0.05) is 35.5 Å². The van der Waals surface area contributed by atoms with E-state index in [2.05, 4.69) is 21.1 Å². The van der Waals surface area contributed by atoms with Gasteiger partial charge in [-0.05, 0) is 45.8 Å². The van der Waals surface area contributed by atoms with Gasteiger partial charge in [0.25, 0.3) is 0 Å². The van der Waals surface area contributed by atoms with E-state index in [4.69, 9.17) is 9.57 Å². The lowest BCUT2D eigenvalue weighted by Crippen LogP contribution is -1.96. The average Bonchev–Trinajstić information content (AvgIpc) is 2.87. The second-order valence-corrected chi connectivity index (χ2v) is 5.17. The molecule has 1 aliphatic heterocycles. The van der Waals surface area contributed by atoms with Crippen molar-refractivity contribution in [2.45, 2.75) is 12.5 Å². The molecule has 0 N–H and O–H groups in total. The summed E-state index contributed by atoms with van der Waals surface area (Å²) >= 11 is 3.33. The molecular weight excluding hydrogens is 306 g/mol. The van der Waals surface area contributed by atoms with Crippen LogP contribution in [-0.2, 0) is 4.84 Å². The molecule has 1 heterocycles. The predicted molar refractivity (Wildman–Crippen MR) is 77.8 cm³/mol. The third kappa shape index (κ3) is 2.96. The van der Waals surface area contributed by atoms with Crippen molar-refractivity contribution in [3.05, 3.63) is 60.2 Å². The molecule has 0 spiro atoms. The summed E-state index contributed by atoms with van der Waals surface area (Å²) in [5.41, 5.74) is 1.10. The quantitative estimate of drug-likeness (QED) is 0.825. The van der Waals surface area contributed by atoms with Crippen LogP contribution in [0.2, 0.25) is 0 Å². The van der Waals surface area contributed by atoms with E-state index >= 15 is 0 Å². The molecule has 0 saturated carbocycles. The summed E-state index contributed by atoms with van der Waals surface area (Å²) in [5.74, 6) is 1.64. The lowest BCUT2D eigenvalue weighted by atomic mass is 10.1. The van der Waals surface area contributed by atoms with Gasteiger partial charge >= 0.3 is 0 Å². The Morgan fingerprint density at radius 2 is 1.68 bits per heavy atom. The maximum atomic E-state index is 5.74. The van der Waals surface area contributed by atoms with Gasteiger partial charge in [-0.15, -0.1) is 0 Å². The van der Waals surface area contributed by atoms with Crippen molar-refractivity contribution < 1.29 is 9.57 Å². The molecule has 3 rings (SSSR count). The number of oxime groups is 1. The van der Waals surface area contributed by atoms with E-state index in [1.807, 2.05) is 54.6 Å². The molecule has 96 valence electrons. The van der Waals surface area contributed by atoms with E-state index in [9.17, 15) is 0 Å². The topological polar surface area (TPSA) is 30.8 Å². The Balaban J connectivity index is 1.69. The minimum absolute atomic E-state index is 0.000139. The molecule has 0 aromatic heterocycles. The molecule has 0 fully saturated rings. The SMILES string of the molecule is BrC1=NO[C@H](c2ccc(Oc3ccccc3)cc2)C1. The van der Waals surface area contributed by atoms with Gasteiger partial charge in [0.15, 0.2) is 6.10 Å². The van der Waals surface area contributed by atoms with Crippen LogP contribution in [0.25, 0.3) is 0 Å². The minimum atomic E-state index is 0.000139. The van der Waals surface area contributed by atoms with Crippen molar-refractivity contribution in [1.82, 2.24) is 0 Å². The number of halogens is 1. The van der Waals surface area contributed by atoms with E-state index < -0.39 is 0 Å². The molecule has 0 saturated heterocycles. The van der Waals surface area contributed by atoms with Gasteiger partial charge in [0.1, 0.15) is 16.1 Å². The summed E-state index contributed by atoms with van der Waals surface area (Å²) in [6, 6.07) is 17.6. The molecular formula is C15H12BrNO2. The Hall–Kier alpha value is -1.81. The van der Waals surface area contributed by atoms with Crippen LogP contribution in [0.3, 0.4) is 0 Å². The lowest BCUT2D eigenvalue weighted by Gasteiger charge is -2.10. The molecule has 4 heteroatoms. The number of para-hydroxylation sites is 1. The molecule has 0 radical (unpaired) electrons. The van der Waals surface area contributed by atoms with E-state index in [1.165, 1.54) is 0 Å². The molecule has 2 aromatic rings. The van der Waals surface area contributed by atoms with Gasteiger partial charge in [-0.3, -0.25) is 0 Å². The fourth-order valence-corrected chi connectivity index (χ4v) is 2.28. The Bertz CT molecular complexity index is 581. The second kappa shape index (κ2) is 5.45. The number of rotatable bonds is 3. The Morgan fingerprint density at radius 3 is 2.32 bits per heavy atom. The normalized spacial score (nSPS) is 17.7. The molecule has 2 aromatic carbocycles. The van der Waals surface area contributed by atoms with Gasteiger partial charge in [0.2, 0.25) is 0 Å². The zero-order valence-electron chi connectivity index (χ0n) is 10.1. The molecule has 19 heavy (non-hydrogen) atoms. The first kappa shape index (κ1) is 12.2. The van der Waals surface area contributed by atoms with Gasteiger partial charge in [-0.25, -0.2) is 0 Å². The number of ether oxygens (including phenoxy) is 1. The minimum Gasteiger partial charge on any atom is -0.457 e. The van der Waals surface area contributed by atoms with Crippen molar-refractivity contribution >= 4 is 20.6 Å². The Morgan fingerprint density at radius 1 is 1.00 bits per heavy atom. The Labute approximate surface area is 120 Å². The zero-order chi connectivity index (χ0) is 13.1. The molecule has 0 aliphatic carbocycles. The van der Waals surface area contributed by atoms with E-state index in [1.54, 1.807) is 0 Å².